The van der Waals surface area contributed by atoms with E-state index in [2.05, 4.69) is 39.1 Å². The number of aliphatic hydroxyl groups excluding tert-OH is 1. The maximum Gasteiger partial charge on any atom is 0.147 e. The lowest BCUT2D eigenvalue weighted by Crippen LogP contribution is -2.27. The molecule has 1 N–H and O–H groups in total. The van der Waals surface area contributed by atoms with Crippen LogP contribution in [0.1, 0.15) is 16.8 Å². The lowest BCUT2D eigenvalue weighted by atomic mass is 10.0. The number of benzene rings is 1. The van der Waals surface area contributed by atoms with Crippen LogP contribution in [-0.4, -0.2) is 28.2 Å². The first kappa shape index (κ1) is 12.1. The Bertz CT molecular complexity index is 527. The van der Waals surface area contributed by atoms with E-state index in [1.54, 1.807) is 12.4 Å². The van der Waals surface area contributed by atoms with Crippen LogP contribution in [0.2, 0.25) is 0 Å². The number of aliphatic hydroxyl groups is 1. The van der Waals surface area contributed by atoms with Gasteiger partial charge in [0.25, 0.3) is 0 Å². The van der Waals surface area contributed by atoms with Gasteiger partial charge in [0.05, 0.1) is 24.7 Å². The first-order valence-corrected chi connectivity index (χ1v) is 6.60. The van der Waals surface area contributed by atoms with E-state index >= 15 is 0 Å². The van der Waals surface area contributed by atoms with Crippen molar-refractivity contribution in [3.63, 3.8) is 0 Å². The molecule has 3 rings (SSSR count). The molecule has 0 saturated carbocycles. The number of rotatable bonds is 2. The second-order valence-electron chi connectivity index (χ2n) is 4.78. The predicted octanol–water partition coefficient (Wildman–Crippen LogP) is 1.57. The summed E-state index contributed by atoms with van der Waals surface area (Å²) >= 11 is 0. The zero-order chi connectivity index (χ0) is 13.1. The summed E-state index contributed by atoms with van der Waals surface area (Å²) in [5.74, 6) is 0.894. The third-order valence-corrected chi connectivity index (χ3v) is 3.60. The second kappa shape index (κ2) is 5.36. The van der Waals surface area contributed by atoms with Crippen molar-refractivity contribution in [1.82, 2.24) is 9.97 Å². The van der Waals surface area contributed by atoms with Gasteiger partial charge in [-0.1, -0.05) is 24.3 Å². The lowest BCUT2D eigenvalue weighted by molar-refractivity contribution is 0.276. The maximum absolute atomic E-state index is 8.99. The molecule has 0 fully saturated rings. The molecule has 1 aromatic carbocycles. The van der Waals surface area contributed by atoms with Gasteiger partial charge < -0.3 is 10.0 Å². The van der Waals surface area contributed by atoms with Crippen molar-refractivity contribution in [2.45, 2.75) is 19.4 Å². The summed E-state index contributed by atoms with van der Waals surface area (Å²) in [6.07, 6.45) is 5.48. The molecule has 1 aromatic heterocycles. The number of fused-ring (bicyclic) bond motifs is 1. The number of nitrogens with zero attached hydrogens (tertiary/aromatic N) is 3. The van der Waals surface area contributed by atoms with Gasteiger partial charge in [0, 0.05) is 13.1 Å². The van der Waals surface area contributed by atoms with Crippen molar-refractivity contribution >= 4 is 5.82 Å². The molecule has 4 heteroatoms. The number of hydrogen-bond donors (Lipinski definition) is 1. The maximum atomic E-state index is 8.99. The molecule has 4 nitrogen and oxygen atoms in total. The molecule has 1 aliphatic rings. The van der Waals surface area contributed by atoms with Gasteiger partial charge in [0.2, 0.25) is 0 Å². The van der Waals surface area contributed by atoms with Crippen LogP contribution in [0.3, 0.4) is 0 Å². The molecule has 0 saturated heterocycles. The van der Waals surface area contributed by atoms with Crippen LogP contribution in [0, 0.1) is 0 Å². The van der Waals surface area contributed by atoms with E-state index < -0.39 is 0 Å². The van der Waals surface area contributed by atoms with E-state index in [1.165, 1.54) is 11.1 Å². The first-order chi connectivity index (χ1) is 9.36. The third kappa shape index (κ3) is 2.58. The van der Waals surface area contributed by atoms with E-state index in [1.807, 2.05) is 0 Å². The van der Waals surface area contributed by atoms with Crippen molar-refractivity contribution in [3.05, 3.63) is 53.5 Å². The molecule has 0 aliphatic carbocycles. The number of anilines is 1. The van der Waals surface area contributed by atoms with Gasteiger partial charge in [-0.15, -0.1) is 0 Å². The minimum Gasteiger partial charge on any atom is -0.390 e. The van der Waals surface area contributed by atoms with Crippen LogP contribution in [0.4, 0.5) is 5.82 Å². The van der Waals surface area contributed by atoms with Crippen molar-refractivity contribution in [2.24, 2.45) is 0 Å². The van der Waals surface area contributed by atoms with Crippen LogP contribution < -0.4 is 4.90 Å². The van der Waals surface area contributed by atoms with Crippen molar-refractivity contribution in [3.8, 4) is 0 Å². The standard InChI is InChI=1S/C15H17N3O/c19-11-14-9-17-15(10-16-14)18-7-5-12-3-1-2-4-13(12)6-8-18/h1-4,9-10,19H,5-8,11H2. The quantitative estimate of drug-likeness (QED) is 0.885. The topological polar surface area (TPSA) is 49.3 Å². The average Bonchev–Trinajstić information content (AvgIpc) is 2.70. The molecular formula is C15H17N3O. The van der Waals surface area contributed by atoms with E-state index in [0.29, 0.717) is 5.69 Å². The SMILES string of the molecule is OCc1cnc(N2CCc3ccccc3CC2)cn1. The molecule has 0 atom stereocenters. The molecule has 0 amide bonds. The third-order valence-electron chi connectivity index (χ3n) is 3.60. The van der Waals surface area contributed by atoms with Crippen LogP contribution in [0.5, 0.6) is 0 Å². The lowest BCUT2D eigenvalue weighted by Gasteiger charge is -2.20. The van der Waals surface area contributed by atoms with Gasteiger partial charge in [-0.3, -0.25) is 4.98 Å². The molecule has 0 bridgehead atoms. The summed E-state index contributed by atoms with van der Waals surface area (Å²) in [6.45, 7) is 1.87. The highest BCUT2D eigenvalue weighted by Gasteiger charge is 2.14. The summed E-state index contributed by atoms with van der Waals surface area (Å²) in [4.78, 5) is 10.8. The van der Waals surface area contributed by atoms with Gasteiger partial charge in [0.15, 0.2) is 0 Å². The minimum atomic E-state index is -0.0568. The fourth-order valence-corrected chi connectivity index (χ4v) is 2.49. The first-order valence-electron chi connectivity index (χ1n) is 6.60. The molecular weight excluding hydrogens is 238 g/mol. The predicted molar refractivity (Wildman–Crippen MR) is 74.0 cm³/mol. The monoisotopic (exact) mass is 255 g/mol. The largest absolute Gasteiger partial charge is 0.390 e. The number of hydrogen-bond acceptors (Lipinski definition) is 4. The van der Waals surface area contributed by atoms with Gasteiger partial charge in [-0.25, -0.2) is 4.98 Å². The van der Waals surface area contributed by atoms with Crippen molar-refractivity contribution < 1.29 is 5.11 Å². The van der Waals surface area contributed by atoms with Gasteiger partial charge in [-0.05, 0) is 24.0 Å². The highest BCUT2D eigenvalue weighted by Crippen LogP contribution is 2.18. The summed E-state index contributed by atoms with van der Waals surface area (Å²) in [7, 11) is 0. The Balaban J connectivity index is 1.77. The Morgan fingerprint density at radius 1 is 1.00 bits per heavy atom. The Morgan fingerprint density at radius 3 is 2.21 bits per heavy atom. The van der Waals surface area contributed by atoms with Crippen LogP contribution in [0.25, 0.3) is 0 Å². The highest BCUT2D eigenvalue weighted by molar-refractivity contribution is 5.39. The van der Waals surface area contributed by atoms with Crippen molar-refractivity contribution in [2.75, 3.05) is 18.0 Å². The fraction of sp³-hybridized carbons (Fsp3) is 0.333. The molecule has 0 radical (unpaired) electrons. The summed E-state index contributed by atoms with van der Waals surface area (Å²) in [6, 6.07) is 8.62. The molecule has 2 heterocycles. The zero-order valence-corrected chi connectivity index (χ0v) is 10.8. The molecule has 0 unspecified atom stereocenters. The van der Waals surface area contributed by atoms with E-state index in [0.717, 1.165) is 31.7 Å². The van der Waals surface area contributed by atoms with Gasteiger partial charge in [0.1, 0.15) is 5.82 Å². The van der Waals surface area contributed by atoms with Gasteiger partial charge in [-0.2, -0.15) is 0 Å². The summed E-state index contributed by atoms with van der Waals surface area (Å²) in [5.41, 5.74) is 3.48. The Labute approximate surface area is 112 Å². The summed E-state index contributed by atoms with van der Waals surface area (Å²) in [5, 5.41) is 8.99. The molecule has 19 heavy (non-hydrogen) atoms. The molecule has 2 aromatic rings. The van der Waals surface area contributed by atoms with Gasteiger partial charge >= 0.3 is 0 Å². The van der Waals surface area contributed by atoms with Crippen LogP contribution >= 0.6 is 0 Å². The fourth-order valence-electron chi connectivity index (χ4n) is 2.49. The number of aromatic nitrogens is 2. The second-order valence-corrected chi connectivity index (χ2v) is 4.78. The Kier molecular flexibility index (Phi) is 3.42. The highest BCUT2D eigenvalue weighted by atomic mass is 16.3. The summed E-state index contributed by atoms with van der Waals surface area (Å²) < 4.78 is 0. The smallest absolute Gasteiger partial charge is 0.147 e. The minimum absolute atomic E-state index is 0.0568. The van der Waals surface area contributed by atoms with E-state index in [-0.39, 0.29) is 6.61 Å². The Hall–Kier alpha value is -1.94. The van der Waals surface area contributed by atoms with E-state index in [9.17, 15) is 0 Å². The zero-order valence-electron chi connectivity index (χ0n) is 10.8. The van der Waals surface area contributed by atoms with Crippen LogP contribution in [0.15, 0.2) is 36.7 Å². The van der Waals surface area contributed by atoms with Crippen molar-refractivity contribution in [1.29, 1.82) is 0 Å². The Morgan fingerprint density at radius 2 is 1.68 bits per heavy atom. The molecule has 1 aliphatic heterocycles. The van der Waals surface area contributed by atoms with Crippen LogP contribution in [-0.2, 0) is 19.4 Å². The molecule has 98 valence electrons. The molecule has 0 spiro atoms. The average molecular weight is 255 g/mol. The van der Waals surface area contributed by atoms with E-state index in [4.69, 9.17) is 5.11 Å². The normalized spacial score (nSPS) is 14.9.